The highest BCUT2D eigenvalue weighted by atomic mass is 16.3. The van der Waals surface area contributed by atoms with Gasteiger partial charge in [-0.25, -0.2) is 0 Å². The molecule has 1 rings (SSSR count). The van der Waals surface area contributed by atoms with Crippen LogP contribution in [0.25, 0.3) is 0 Å². The van der Waals surface area contributed by atoms with Crippen LogP contribution in [0.3, 0.4) is 0 Å². The Balaban J connectivity index is 2.42. The second-order valence-electron chi connectivity index (χ2n) is 3.64. The maximum absolute atomic E-state index is 5.64. The molecule has 1 aromatic rings. The first-order valence-electron chi connectivity index (χ1n) is 5.17. The maximum atomic E-state index is 5.64. The summed E-state index contributed by atoms with van der Waals surface area (Å²) in [6, 6.07) is 4.09. The number of hydrogen-bond acceptors (Lipinski definition) is 3. The average Bonchev–Trinajstić information content (AvgIpc) is 2.53. The molecule has 0 radical (unpaired) electrons. The van der Waals surface area contributed by atoms with Crippen molar-refractivity contribution in [3.8, 4) is 0 Å². The molecule has 3 nitrogen and oxygen atoms in total. The van der Waals surface area contributed by atoms with Gasteiger partial charge in [0.15, 0.2) is 0 Å². The normalized spacial score (nSPS) is 11.1. The lowest BCUT2D eigenvalue weighted by molar-refractivity contribution is 0.290. The van der Waals surface area contributed by atoms with Crippen molar-refractivity contribution in [2.24, 2.45) is 0 Å². The van der Waals surface area contributed by atoms with E-state index in [1.54, 1.807) is 0 Å². The Kier molecular flexibility index (Phi) is 4.70. The van der Waals surface area contributed by atoms with Gasteiger partial charge in [0.05, 0.1) is 13.1 Å². The molecule has 0 unspecified atom stereocenters. The topological polar surface area (TPSA) is 28.4 Å². The first kappa shape index (κ1) is 11.3. The molecule has 0 fully saturated rings. The van der Waals surface area contributed by atoms with Crippen molar-refractivity contribution < 1.29 is 4.42 Å². The smallest absolute Gasteiger partial charge is 0.118 e. The van der Waals surface area contributed by atoms with Gasteiger partial charge in [0.1, 0.15) is 11.5 Å². The Labute approximate surface area is 86.1 Å². The highest BCUT2D eigenvalue weighted by Crippen LogP contribution is 2.09. The molecule has 0 saturated heterocycles. The summed E-state index contributed by atoms with van der Waals surface area (Å²) in [6.07, 6.45) is 1.18. The largest absolute Gasteiger partial charge is 0.463 e. The summed E-state index contributed by atoms with van der Waals surface area (Å²) in [5, 5.41) is 3.07. The van der Waals surface area contributed by atoms with E-state index in [-0.39, 0.29) is 0 Å². The summed E-state index contributed by atoms with van der Waals surface area (Å²) in [5.41, 5.74) is 0. The van der Waals surface area contributed by atoms with Crippen LogP contribution in [0.2, 0.25) is 0 Å². The molecule has 1 heterocycles. The zero-order valence-corrected chi connectivity index (χ0v) is 9.34. The third-order valence-electron chi connectivity index (χ3n) is 2.10. The third-order valence-corrected chi connectivity index (χ3v) is 2.10. The zero-order valence-electron chi connectivity index (χ0n) is 9.34. The molecule has 0 bridgehead atoms. The average molecular weight is 196 g/mol. The first-order valence-corrected chi connectivity index (χ1v) is 5.17. The Morgan fingerprint density at radius 1 is 1.36 bits per heavy atom. The molecule has 0 amide bonds. The van der Waals surface area contributed by atoms with Crippen LogP contribution in [-0.2, 0) is 13.1 Å². The molecule has 0 saturated carbocycles. The molecular weight excluding hydrogens is 176 g/mol. The second-order valence-corrected chi connectivity index (χ2v) is 3.64. The predicted molar refractivity (Wildman–Crippen MR) is 58.1 cm³/mol. The van der Waals surface area contributed by atoms with Gasteiger partial charge in [-0.05, 0) is 39.2 Å². The summed E-state index contributed by atoms with van der Waals surface area (Å²) >= 11 is 0. The fraction of sp³-hybridized carbons (Fsp3) is 0.636. The Hall–Kier alpha value is -0.800. The van der Waals surface area contributed by atoms with Crippen molar-refractivity contribution in [2.45, 2.75) is 26.4 Å². The summed E-state index contributed by atoms with van der Waals surface area (Å²) in [5.74, 6) is 2.05. The number of nitrogens with one attached hydrogen (secondary N) is 1. The minimum atomic E-state index is 0.803. The molecule has 0 aliphatic rings. The minimum Gasteiger partial charge on any atom is -0.463 e. The lowest BCUT2D eigenvalue weighted by atomic mass is 10.3. The van der Waals surface area contributed by atoms with E-state index in [4.69, 9.17) is 4.42 Å². The quantitative estimate of drug-likeness (QED) is 0.752. The van der Waals surface area contributed by atoms with E-state index in [2.05, 4.69) is 30.3 Å². The van der Waals surface area contributed by atoms with E-state index in [1.807, 2.05) is 13.1 Å². The van der Waals surface area contributed by atoms with Gasteiger partial charge in [-0.2, -0.15) is 0 Å². The number of rotatable bonds is 6. The molecule has 0 atom stereocenters. The molecule has 1 N–H and O–H groups in total. The van der Waals surface area contributed by atoms with Crippen LogP contribution in [0.4, 0.5) is 0 Å². The van der Waals surface area contributed by atoms with Crippen LogP contribution < -0.4 is 5.32 Å². The van der Waals surface area contributed by atoms with Gasteiger partial charge in [-0.3, -0.25) is 4.90 Å². The van der Waals surface area contributed by atoms with Crippen molar-refractivity contribution in [2.75, 3.05) is 20.6 Å². The van der Waals surface area contributed by atoms with Crippen molar-refractivity contribution in [3.05, 3.63) is 23.7 Å². The minimum absolute atomic E-state index is 0.803. The van der Waals surface area contributed by atoms with Gasteiger partial charge in [0, 0.05) is 0 Å². The zero-order chi connectivity index (χ0) is 10.4. The SMILES string of the molecule is CCCN(C)Cc1ccc(CNC)o1. The molecular formula is C11H20N2O. The third kappa shape index (κ3) is 3.52. The van der Waals surface area contributed by atoms with Gasteiger partial charge in [-0.1, -0.05) is 6.92 Å². The van der Waals surface area contributed by atoms with Gasteiger partial charge < -0.3 is 9.73 Å². The molecule has 0 aliphatic heterocycles. The highest BCUT2D eigenvalue weighted by Gasteiger charge is 2.03. The van der Waals surface area contributed by atoms with Crippen molar-refractivity contribution >= 4 is 0 Å². The summed E-state index contributed by atoms with van der Waals surface area (Å²) < 4.78 is 5.64. The van der Waals surface area contributed by atoms with E-state index in [0.29, 0.717) is 0 Å². The maximum Gasteiger partial charge on any atom is 0.118 e. The summed E-state index contributed by atoms with van der Waals surface area (Å²) in [6.45, 7) is 5.00. The standard InChI is InChI=1S/C11H20N2O/c1-4-7-13(3)9-11-6-5-10(14-11)8-12-2/h5-6,12H,4,7-9H2,1-3H3. The monoisotopic (exact) mass is 196 g/mol. The first-order chi connectivity index (χ1) is 6.76. The van der Waals surface area contributed by atoms with E-state index in [1.165, 1.54) is 6.42 Å². The number of hydrogen-bond donors (Lipinski definition) is 1. The molecule has 14 heavy (non-hydrogen) atoms. The van der Waals surface area contributed by atoms with Crippen molar-refractivity contribution in [1.82, 2.24) is 10.2 Å². The molecule has 3 heteroatoms. The highest BCUT2D eigenvalue weighted by molar-refractivity contribution is 5.06. The van der Waals surface area contributed by atoms with E-state index < -0.39 is 0 Å². The number of furan rings is 1. The van der Waals surface area contributed by atoms with E-state index in [0.717, 1.165) is 31.2 Å². The van der Waals surface area contributed by atoms with Gasteiger partial charge in [0.25, 0.3) is 0 Å². The molecule has 0 spiro atoms. The van der Waals surface area contributed by atoms with Crippen LogP contribution in [0.15, 0.2) is 16.5 Å². The van der Waals surface area contributed by atoms with Crippen LogP contribution in [0.1, 0.15) is 24.9 Å². The van der Waals surface area contributed by atoms with E-state index in [9.17, 15) is 0 Å². The van der Waals surface area contributed by atoms with Gasteiger partial charge in [0.2, 0.25) is 0 Å². The molecule has 0 aliphatic carbocycles. The molecule has 80 valence electrons. The molecule has 0 aromatic carbocycles. The van der Waals surface area contributed by atoms with E-state index >= 15 is 0 Å². The second kappa shape index (κ2) is 5.83. The van der Waals surface area contributed by atoms with Crippen LogP contribution in [0.5, 0.6) is 0 Å². The van der Waals surface area contributed by atoms with Crippen LogP contribution in [0, 0.1) is 0 Å². The lowest BCUT2D eigenvalue weighted by Gasteiger charge is -2.12. The summed E-state index contributed by atoms with van der Waals surface area (Å²) in [4.78, 5) is 2.27. The van der Waals surface area contributed by atoms with Gasteiger partial charge >= 0.3 is 0 Å². The van der Waals surface area contributed by atoms with Crippen LogP contribution in [-0.4, -0.2) is 25.5 Å². The van der Waals surface area contributed by atoms with Gasteiger partial charge in [-0.15, -0.1) is 0 Å². The Morgan fingerprint density at radius 2 is 2.07 bits per heavy atom. The lowest BCUT2D eigenvalue weighted by Crippen LogP contribution is -2.17. The van der Waals surface area contributed by atoms with Crippen LogP contribution >= 0.6 is 0 Å². The molecule has 1 aromatic heterocycles. The summed E-state index contributed by atoms with van der Waals surface area (Å²) in [7, 11) is 4.04. The Morgan fingerprint density at radius 3 is 2.71 bits per heavy atom. The fourth-order valence-electron chi connectivity index (χ4n) is 1.50. The number of nitrogens with zero attached hydrogens (tertiary/aromatic N) is 1. The predicted octanol–water partition coefficient (Wildman–Crippen LogP) is 1.84. The van der Waals surface area contributed by atoms with Crippen molar-refractivity contribution in [1.29, 1.82) is 0 Å². The van der Waals surface area contributed by atoms with Crippen molar-refractivity contribution in [3.63, 3.8) is 0 Å². The Bertz CT molecular complexity index is 258. The fourth-order valence-corrected chi connectivity index (χ4v) is 1.50.